The average molecular weight is 391 g/mol. The number of nitrogens with zero attached hydrogens (tertiary/aromatic N) is 3. The number of hydrogen-bond donors (Lipinski definition) is 4. The van der Waals surface area contributed by atoms with Crippen LogP contribution in [-0.4, -0.2) is 71.3 Å². The summed E-state index contributed by atoms with van der Waals surface area (Å²) in [5.74, 6) is 0.988. The van der Waals surface area contributed by atoms with Gasteiger partial charge in [0.15, 0.2) is 6.04 Å². The fraction of sp³-hybridized carbons (Fsp3) is 0.444. The van der Waals surface area contributed by atoms with E-state index in [9.17, 15) is 10.2 Å². The van der Waals surface area contributed by atoms with E-state index >= 15 is 0 Å². The van der Waals surface area contributed by atoms with E-state index in [1.807, 2.05) is 12.1 Å². The van der Waals surface area contributed by atoms with Gasteiger partial charge in [0.1, 0.15) is 49.7 Å². The molecule has 2 aromatic heterocycles. The predicted molar refractivity (Wildman–Crippen MR) is 101 cm³/mol. The van der Waals surface area contributed by atoms with Gasteiger partial charge in [-0.3, -0.25) is 0 Å². The molecule has 8 nitrogen and oxygen atoms in total. The van der Waals surface area contributed by atoms with Gasteiger partial charge in [-0.15, -0.1) is 0 Å². The lowest BCUT2D eigenvalue weighted by molar-refractivity contribution is -1.02. The van der Waals surface area contributed by atoms with E-state index < -0.39 is 0 Å². The number of methoxy groups -OCH3 is 1. The highest BCUT2D eigenvalue weighted by atomic mass is 32.1. The number of ether oxygens (including phenoxy) is 1. The molecule has 1 saturated heterocycles. The van der Waals surface area contributed by atoms with Gasteiger partial charge < -0.3 is 24.7 Å². The molecule has 4 N–H and O–H groups in total. The third-order valence-corrected chi connectivity index (χ3v) is 6.42. The molecule has 1 fully saturated rings. The van der Waals surface area contributed by atoms with Gasteiger partial charge in [-0.05, 0) is 24.3 Å². The number of nitrogens with one attached hydrogen (secondary N) is 2. The third kappa shape index (κ3) is 3.51. The van der Waals surface area contributed by atoms with Crippen LogP contribution in [0.4, 0.5) is 0 Å². The van der Waals surface area contributed by atoms with Crippen molar-refractivity contribution in [1.82, 2.24) is 14.6 Å². The highest BCUT2D eigenvalue weighted by Crippen LogP contribution is 2.35. The predicted octanol–water partition coefficient (Wildman–Crippen LogP) is -1.63. The summed E-state index contributed by atoms with van der Waals surface area (Å²) in [5.41, 5.74) is 1.14. The maximum Gasteiger partial charge on any atom is 0.235 e. The number of piperazine rings is 1. The molecule has 9 heteroatoms. The van der Waals surface area contributed by atoms with Crippen molar-refractivity contribution in [2.24, 2.45) is 0 Å². The van der Waals surface area contributed by atoms with E-state index in [0.29, 0.717) is 4.96 Å². The minimum absolute atomic E-state index is 0.0140. The molecule has 3 aromatic rings. The number of benzene rings is 1. The summed E-state index contributed by atoms with van der Waals surface area (Å²) in [4.78, 5) is 8.66. The summed E-state index contributed by atoms with van der Waals surface area (Å²) >= 11 is 1.49. The van der Waals surface area contributed by atoms with Crippen LogP contribution in [0.25, 0.3) is 4.96 Å². The summed E-state index contributed by atoms with van der Waals surface area (Å²) in [6.07, 6.45) is 1.46. The van der Waals surface area contributed by atoms with Gasteiger partial charge in [-0.25, -0.2) is 4.98 Å². The van der Waals surface area contributed by atoms with Crippen molar-refractivity contribution >= 4 is 16.3 Å². The highest BCUT2D eigenvalue weighted by Gasteiger charge is 2.35. The van der Waals surface area contributed by atoms with Crippen LogP contribution in [0.3, 0.4) is 0 Å². The van der Waals surface area contributed by atoms with Crippen molar-refractivity contribution in [3.8, 4) is 11.6 Å². The molecule has 3 heterocycles. The number of fused-ring (bicyclic) bond motifs is 1. The summed E-state index contributed by atoms with van der Waals surface area (Å²) in [7, 11) is 1.66. The van der Waals surface area contributed by atoms with E-state index in [-0.39, 0.29) is 18.5 Å². The number of thiazole rings is 1. The molecule has 1 aliphatic heterocycles. The van der Waals surface area contributed by atoms with Crippen LogP contribution in [0.5, 0.6) is 11.6 Å². The monoisotopic (exact) mass is 391 g/mol. The Morgan fingerprint density at radius 2 is 1.96 bits per heavy atom. The molecule has 1 atom stereocenters. The quantitative estimate of drug-likeness (QED) is 0.405. The Hall–Kier alpha value is -2.20. The zero-order valence-electron chi connectivity index (χ0n) is 15.3. The Bertz CT molecular complexity index is 886. The van der Waals surface area contributed by atoms with Crippen molar-refractivity contribution in [1.29, 1.82) is 0 Å². The van der Waals surface area contributed by atoms with Crippen LogP contribution in [0.1, 0.15) is 16.5 Å². The van der Waals surface area contributed by atoms with Crippen molar-refractivity contribution in [2.45, 2.75) is 6.04 Å². The van der Waals surface area contributed by atoms with Gasteiger partial charge in [-0.2, -0.15) is 9.61 Å². The SMILES string of the molecule is COc1ccc([C@@H](c2sc3ncnn3c2O)[NH+]2CC[NH+](CCO)CC2)cc1. The molecule has 144 valence electrons. The second-order valence-electron chi connectivity index (χ2n) is 6.83. The van der Waals surface area contributed by atoms with Crippen molar-refractivity contribution < 1.29 is 24.7 Å². The van der Waals surface area contributed by atoms with E-state index in [1.54, 1.807) is 7.11 Å². The van der Waals surface area contributed by atoms with Gasteiger partial charge in [-0.1, -0.05) is 11.3 Å². The molecule has 1 aromatic carbocycles. The molecule has 0 spiro atoms. The first-order chi connectivity index (χ1) is 13.2. The maximum absolute atomic E-state index is 10.8. The molecular weight excluding hydrogens is 366 g/mol. The number of aromatic hydroxyl groups is 1. The fourth-order valence-corrected chi connectivity index (χ4v) is 4.99. The van der Waals surface area contributed by atoms with Crippen LogP contribution >= 0.6 is 11.3 Å². The lowest BCUT2D eigenvalue weighted by Crippen LogP contribution is -3.28. The van der Waals surface area contributed by atoms with Crippen LogP contribution in [0.2, 0.25) is 0 Å². The van der Waals surface area contributed by atoms with E-state index in [1.165, 1.54) is 32.0 Å². The normalized spacial score (nSPS) is 21.4. The van der Waals surface area contributed by atoms with Gasteiger partial charge >= 0.3 is 0 Å². The molecule has 1 aliphatic rings. The Morgan fingerprint density at radius 1 is 1.22 bits per heavy atom. The Balaban J connectivity index is 1.69. The highest BCUT2D eigenvalue weighted by molar-refractivity contribution is 7.17. The molecule has 0 bridgehead atoms. The van der Waals surface area contributed by atoms with Crippen molar-refractivity contribution in [3.63, 3.8) is 0 Å². The number of rotatable bonds is 6. The van der Waals surface area contributed by atoms with Crippen LogP contribution in [-0.2, 0) is 0 Å². The molecule has 27 heavy (non-hydrogen) atoms. The lowest BCUT2D eigenvalue weighted by Gasteiger charge is -2.34. The lowest BCUT2D eigenvalue weighted by atomic mass is 10.0. The second-order valence-corrected chi connectivity index (χ2v) is 7.84. The minimum Gasteiger partial charge on any atom is -0.497 e. The van der Waals surface area contributed by atoms with Gasteiger partial charge in [0.2, 0.25) is 10.8 Å². The maximum atomic E-state index is 10.8. The molecular formula is C18H25N5O3S+2. The first-order valence-corrected chi connectivity index (χ1v) is 9.97. The zero-order valence-corrected chi connectivity index (χ0v) is 16.1. The summed E-state index contributed by atoms with van der Waals surface area (Å²) < 4.78 is 6.80. The smallest absolute Gasteiger partial charge is 0.235 e. The molecule has 0 unspecified atom stereocenters. The van der Waals surface area contributed by atoms with E-state index in [2.05, 4.69) is 22.2 Å². The van der Waals surface area contributed by atoms with Gasteiger partial charge in [0.05, 0.1) is 13.7 Å². The van der Waals surface area contributed by atoms with Crippen molar-refractivity contribution in [3.05, 3.63) is 41.0 Å². The Kier molecular flexibility index (Phi) is 5.26. The van der Waals surface area contributed by atoms with Gasteiger partial charge in [0.25, 0.3) is 0 Å². The zero-order chi connectivity index (χ0) is 18.8. The summed E-state index contributed by atoms with van der Waals surface area (Å²) in [5, 5.41) is 24.1. The molecule has 0 aliphatic carbocycles. The van der Waals surface area contributed by atoms with Crippen molar-refractivity contribution in [2.75, 3.05) is 46.4 Å². The molecule has 0 radical (unpaired) electrons. The largest absolute Gasteiger partial charge is 0.497 e. The average Bonchev–Trinajstić information content (AvgIpc) is 3.28. The second kappa shape index (κ2) is 7.81. The summed E-state index contributed by atoms with van der Waals surface area (Å²) in [6, 6.07) is 8.07. The van der Waals surface area contributed by atoms with E-state index in [0.717, 1.165) is 48.9 Å². The first-order valence-electron chi connectivity index (χ1n) is 9.15. The van der Waals surface area contributed by atoms with Crippen LogP contribution in [0, 0.1) is 0 Å². The van der Waals surface area contributed by atoms with E-state index in [4.69, 9.17) is 4.74 Å². The first kappa shape index (κ1) is 18.2. The Labute approximate surface area is 161 Å². The standard InChI is InChI=1S/C18H23N5O3S/c1-26-14-4-2-13(3-5-14)15(22-8-6-21(7-9-22)10-11-24)16-17(25)23-18(27-16)19-12-20-23/h2-5,12,15,24-25H,6-11H2,1H3/p+2/t15-/m0/s1. The molecule has 0 saturated carbocycles. The fourth-order valence-electron chi connectivity index (χ4n) is 3.87. The number of aliphatic hydroxyl groups is 1. The number of aliphatic hydroxyl groups excluding tert-OH is 1. The van der Waals surface area contributed by atoms with Crippen LogP contribution in [0.15, 0.2) is 30.6 Å². The summed E-state index contributed by atoms with van der Waals surface area (Å²) in [6.45, 7) is 4.97. The molecule has 4 rings (SSSR count). The number of aromatic nitrogens is 3. The number of quaternary nitrogens is 2. The third-order valence-electron chi connectivity index (χ3n) is 5.32. The Morgan fingerprint density at radius 3 is 2.59 bits per heavy atom. The minimum atomic E-state index is 0.0140. The topological polar surface area (TPSA) is 88.8 Å². The van der Waals surface area contributed by atoms with Gasteiger partial charge in [0, 0.05) is 5.56 Å². The van der Waals surface area contributed by atoms with Crippen LogP contribution < -0.4 is 14.5 Å². The molecule has 0 amide bonds. The number of hydrogen-bond acceptors (Lipinski definition) is 6.